The molecule has 82 valence electrons. The van der Waals surface area contributed by atoms with Crippen molar-refractivity contribution in [2.75, 3.05) is 7.11 Å². The van der Waals surface area contributed by atoms with Gasteiger partial charge in [-0.25, -0.2) is 4.79 Å². The molecule has 1 rings (SSSR count). The summed E-state index contributed by atoms with van der Waals surface area (Å²) in [6, 6.07) is 6.73. The van der Waals surface area contributed by atoms with Crippen LogP contribution >= 0.6 is 12.4 Å². The van der Waals surface area contributed by atoms with Gasteiger partial charge in [0.15, 0.2) is 0 Å². The van der Waals surface area contributed by atoms with Crippen molar-refractivity contribution in [1.82, 2.24) is 0 Å². The van der Waals surface area contributed by atoms with Crippen LogP contribution in [-0.4, -0.2) is 13.1 Å². The summed E-state index contributed by atoms with van der Waals surface area (Å²) in [7, 11) is 1.35. The zero-order valence-corrected chi connectivity index (χ0v) is 9.29. The van der Waals surface area contributed by atoms with Crippen LogP contribution in [0.5, 0.6) is 0 Å². The summed E-state index contributed by atoms with van der Waals surface area (Å²) in [5.74, 6) is -0.377. The molecule has 0 saturated heterocycles. The van der Waals surface area contributed by atoms with Crippen molar-refractivity contribution in [3.63, 3.8) is 0 Å². The Morgan fingerprint density at radius 2 is 2.13 bits per heavy atom. The molecule has 0 radical (unpaired) electrons. The predicted octanol–water partition coefficient (Wildman–Crippen LogP) is 2.08. The van der Waals surface area contributed by atoms with E-state index in [1.54, 1.807) is 24.3 Å². The molecular formula is C11H14ClNO2. The van der Waals surface area contributed by atoms with Gasteiger partial charge < -0.3 is 10.5 Å². The third-order valence-electron chi connectivity index (χ3n) is 1.98. The molecule has 0 unspecified atom stereocenters. The molecule has 2 N–H and O–H groups in total. The van der Waals surface area contributed by atoms with Gasteiger partial charge in [-0.15, -0.1) is 19.0 Å². The maximum absolute atomic E-state index is 11.3. The molecule has 0 heterocycles. The maximum Gasteiger partial charge on any atom is 0.338 e. The molecule has 0 spiro atoms. The molecule has 0 aliphatic carbocycles. The fourth-order valence-electron chi connectivity index (χ4n) is 1.21. The molecule has 0 aliphatic rings. The van der Waals surface area contributed by atoms with E-state index in [2.05, 4.69) is 11.3 Å². The lowest BCUT2D eigenvalue weighted by atomic mass is 10.0. The van der Waals surface area contributed by atoms with Crippen LogP contribution in [0.1, 0.15) is 22.0 Å². The molecule has 1 atom stereocenters. The standard InChI is InChI=1S/C11H13NO2.ClH/c1-3-10(12)8-6-4-5-7-9(8)11(13)14-2;/h3-7,10H,1,12H2,2H3;1H/t10-;/m1./s1. The number of halogens is 1. The fraction of sp³-hybridized carbons (Fsp3) is 0.182. The number of hydrogen-bond acceptors (Lipinski definition) is 3. The Kier molecular flexibility index (Phi) is 5.67. The zero-order chi connectivity index (χ0) is 10.6. The highest BCUT2D eigenvalue weighted by atomic mass is 35.5. The Morgan fingerprint density at radius 1 is 1.53 bits per heavy atom. The Bertz CT molecular complexity index is 352. The quantitative estimate of drug-likeness (QED) is 0.636. The summed E-state index contributed by atoms with van der Waals surface area (Å²) in [5, 5.41) is 0. The van der Waals surface area contributed by atoms with Crippen LogP contribution in [0, 0.1) is 0 Å². The van der Waals surface area contributed by atoms with E-state index in [9.17, 15) is 4.79 Å². The Labute approximate surface area is 95.3 Å². The van der Waals surface area contributed by atoms with Crippen LogP contribution in [0.25, 0.3) is 0 Å². The van der Waals surface area contributed by atoms with Crippen molar-refractivity contribution in [2.45, 2.75) is 6.04 Å². The van der Waals surface area contributed by atoms with Crippen LogP contribution in [0.15, 0.2) is 36.9 Å². The molecule has 4 heteroatoms. The molecule has 3 nitrogen and oxygen atoms in total. The Morgan fingerprint density at radius 3 is 2.67 bits per heavy atom. The summed E-state index contributed by atoms with van der Waals surface area (Å²) in [5.41, 5.74) is 6.98. The van der Waals surface area contributed by atoms with Gasteiger partial charge in [0.2, 0.25) is 0 Å². The molecule has 0 saturated carbocycles. The molecule has 0 bridgehead atoms. The third-order valence-corrected chi connectivity index (χ3v) is 1.98. The number of carbonyl (C=O) groups excluding carboxylic acids is 1. The van der Waals surface area contributed by atoms with Gasteiger partial charge in [-0.1, -0.05) is 24.3 Å². The van der Waals surface area contributed by atoms with Crippen molar-refractivity contribution in [2.24, 2.45) is 5.73 Å². The number of esters is 1. The van der Waals surface area contributed by atoms with Crippen LogP contribution in [0.2, 0.25) is 0 Å². The van der Waals surface area contributed by atoms with E-state index in [-0.39, 0.29) is 24.4 Å². The van der Waals surface area contributed by atoms with Gasteiger partial charge in [0.05, 0.1) is 12.7 Å². The largest absolute Gasteiger partial charge is 0.465 e. The highest BCUT2D eigenvalue weighted by molar-refractivity contribution is 5.91. The number of benzene rings is 1. The average Bonchev–Trinajstić information content (AvgIpc) is 2.27. The van der Waals surface area contributed by atoms with E-state index in [1.807, 2.05) is 6.07 Å². The Hall–Kier alpha value is -1.32. The fourth-order valence-corrected chi connectivity index (χ4v) is 1.21. The highest BCUT2D eigenvalue weighted by Gasteiger charge is 2.13. The molecule has 0 aliphatic heterocycles. The number of hydrogen-bond donors (Lipinski definition) is 1. The molecule has 1 aromatic carbocycles. The normalized spacial score (nSPS) is 11.1. The van der Waals surface area contributed by atoms with Gasteiger partial charge in [-0.05, 0) is 11.6 Å². The number of ether oxygens (including phenoxy) is 1. The van der Waals surface area contributed by atoms with Crippen molar-refractivity contribution in [1.29, 1.82) is 0 Å². The predicted molar refractivity (Wildman–Crippen MR) is 62.2 cm³/mol. The van der Waals surface area contributed by atoms with Crippen LogP contribution in [-0.2, 0) is 4.74 Å². The first-order chi connectivity index (χ1) is 6.70. The number of rotatable bonds is 3. The molecule has 1 aromatic rings. The average molecular weight is 228 g/mol. The van der Waals surface area contributed by atoms with Gasteiger partial charge in [0.1, 0.15) is 0 Å². The number of nitrogens with two attached hydrogens (primary N) is 1. The molecule has 0 aromatic heterocycles. The first kappa shape index (κ1) is 13.7. The van der Waals surface area contributed by atoms with E-state index in [0.29, 0.717) is 5.56 Å². The summed E-state index contributed by atoms with van der Waals surface area (Å²) in [4.78, 5) is 11.3. The minimum absolute atomic E-state index is 0. The highest BCUT2D eigenvalue weighted by Crippen LogP contribution is 2.17. The minimum atomic E-state index is -0.377. The summed E-state index contributed by atoms with van der Waals surface area (Å²) < 4.78 is 4.64. The third kappa shape index (κ3) is 3.08. The molecule has 0 amide bonds. The Balaban J connectivity index is 0.00000196. The summed E-state index contributed by atoms with van der Waals surface area (Å²) >= 11 is 0. The lowest BCUT2D eigenvalue weighted by Gasteiger charge is -2.10. The van der Waals surface area contributed by atoms with Gasteiger partial charge in [-0.3, -0.25) is 0 Å². The SMILES string of the molecule is C=C[C@@H](N)c1ccccc1C(=O)OC.Cl. The second-order valence-corrected chi connectivity index (χ2v) is 2.84. The molecule has 15 heavy (non-hydrogen) atoms. The number of methoxy groups -OCH3 is 1. The maximum atomic E-state index is 11.3. The second-order valence-electron chi connectivity index (χ2n) is 2.84. The van der Waals surface area contributed by atoms with Crippen LogP contribution < -0.4 is 5.73 Å². The van der Waals surface area contributed by atoms with Gasteiger partial charge in [0, 0.05) is 6.04 Å². The molecular weight excluding hydrogens is 214 g/mol. The first-order valence-corrected chi connectivity index (χ1v) is 4.26. The lowest BCUT2D eigenvalue weighted by Crippen LogP contribution is -2.13. The lowest BCUT2D eigenvalue weighted by molar-refractivity contribution is 0.0599. The van der Waals surface area contributed by atoms with E-state index in [1.165, 1.54) is 7.11 Å². The minimum Gasteiger partial charge on any atom is -0.465 e. The number of carbonyl (C=O) groups is 1. The van der Waals surface area contributed by atoms with Crippen molar-refractivity contribution < 1.29 is 9.53 Å². The van der Waals surface area contributed by atoms with Crippen molar-refractivity contribution >= 4 is 18.4 Å². The van der Waals surface area contributed by atoms with Crippen LogP contribution in [0.4, 0.5) is 0 Å². The van der Waals surface area contributed by atoms with E-state index < -0.39 is 0 Å². The smallest absolute Gasteiger partial charge is 0.338 e. The summed E-state index contributed by atoms with van der Waals surface area (Å²) in [6.45, 7) is 3.59. The second kappa shape index (κ2) is 6.22. The topological polar surface area (TPSA) is 52.3 Å². The first-order valence-electron chi connectivity index (χ1n) is 4.26. The summed E-state index contributed by atoms with van der Waals surface area (Å²) in [6.07, 6.45) is 1.59. The molecule has 0 fully saturated rings. The van der Waals surface area contributed by atoms with Crippen molar-refractivity contribution in [3.8, 4) is 0 Å². The van der Waals surface area contributed by atoms with Gasteiger partial charge in [-0.2, -0.15) is 0 Å². The van der Waals surface area contributed by atoms with Gasteiger partial charge in [0.25, 0.3) is 0 Å². The monoisotopic (exact) mass is 227 g/mol. The van der Waals surface area contributed by atoms with E-state index >= 15 is 0 Å². The van der Waals surface area contributed by atoms with E-state index in [0.717, 1.165) is 5.56 Å². The van der Waals surface area contributed by atoms with E-state index in [4.69, 9.17) is 5.73 Å². The van der Waals surface area contributed by atoms with Crippen LogP contribution in [0.3, 0.4) is 0 Å². The zero-order valence-electron chi connectivity index (χ0n) is 8.47. The van der Waals surface area contributed by atoms with Gasteiger partial charge >= 0.3 is 5.97 Å². The van der Waals surface area contributed by atoms with Crippen molar-refractivity contribution in [3.05, 3.63) is 48.0 Å².